The summed E-state index contributed by atoms with van der Waals surface area (Å²) in [4.78, 5) is 11.4. The molecule has 1 heterocycles. The van der Waals surface area contributed by atoms with E-state index in [0.717, 1.165) is 30.5 Å². The Hall–Kier alpha value is -1.32. The molecule has 0 radical (unpaired) electrons. The lowest BCUT2D eigenvalue weighted by molar-refractivity contribution is 0.320. The van der Waals surface area contributed by atoms with Crippen LogP contribution in [0.5, 0.6) is 0 Å². The number of hydrogen-bond donors (Lipinski definition) is 1. The Labute approximate surface area is 123 Å². The third-order valence-electron chi connectivity index (χ3n) is 4.52. The Balaban J connectivity index is 2.28. The molecule has 4 nitrogen and oxygen atoms in total. The fraction of sp³-hybridized carbons (Fsp3) is 0.750. The third kappa shape index (κ3) is 3.05. The maximum Gasteiger partial charge on any atom is 0.137 e. The lowest BCUT2D eigenvalue weighted by Crippen LogP contribution is -2.40. The van der Waals surface area contributed by atoms with Crippen LogP contribution in [0.25, 0.3) is 0 Å². The van der Waals surface area contributed by atoms with Gasteiger partial charge in [0.05, 0.1) is 0 Å². The molecule has 0 amide bonds. The van der Waals surface area contributed by atoms with Crippen LogP contribution in [0.15, 0.2) is 6.33 Å². The molecule has 0 aliphatic heterocycles. The van der Waals surface area contributed by atoms with Crippen LogP contribution in [0.2, 0.25) is 0 Å². The van der Waals surface area contributed by atoms with Crippen LogP contribution in [-0.2, 0) is 6.42 Å². The van der Waals surface area contributed by atoms with Gasteiger partial charge in [-0.05, 0) is 32.1 Å². The number of aromatic nitrogens is 2. The highest BCUT2D eigenvalue weighted by atomic mass is 15.2. The Morgan fingerprint density at radius 1 is 1.25 bits per heavy atom. The minimum absolute atomic E-state index is 0.610. The van der Waals surface area contributed by atoms with E-state index in [4.69, 9.17) is 0 Å². The molecule has 1 fully saturated rings. The highest BCUT2D eigenvalue weighted by molar-refractivity contribution is 5.59. The van der Waals surface area contributed by atoms with Gasteiger partial charge < -0.3 is 10.2 Å². The van der Waals surface area contributed by atoms with Crippen molar-refractivity contribution < 1.29 is 0 Å². The predicted molar refractivity (Wildman–Crippen MR) is 85.4 cm³/mol. The van der Waals surface area contributed by atoms with Crippen molar-refractivity contribution in [3.63, 3.8) is 0 Å². The summed E-state index contributed by atoms with van der Waals surface area (Å²) < 4.78 is 0. The van der Waals surface area contributed by atoms with Gasteiger partial charge in [-0.2, -0.15) is 0 Å². The zero-order valence-electron chi connectivity index (χ0n) is 13.3. The van der Waals surface area contributed by atoms with E-state index in [1.54, 1.807) is 6.33 Å². The lowest BCUT2D eigenvalue weighted by atomic mass is 9.85. The molecule has 112 valence electrons. The minimum Gasteiger partial charge on any atom is -0.370 e. The van der Waals surface area contributed by atoms with Crippen molar-refractivity contribution in [2.45, 2.75) is 58.9 Å². The third-order valence-corrected chi connectivity index (χ3v) is 4.52. The zero-order chi connectivity index (χ0) is 14.5. The zero-order valence-corrected chi connectivity index (χ0v) is 13.3. The van der Waals surface area contributed by atoms with Crippen molar-refractivity contribution in [2.75, 3.05) is 23.8 Å². The maximum absolute atomic E-state index is 4.58. The maximum atomic E-state index is 4.58. The van der Waals surface area contributed by atoms with Gasteiger partial charge in [0.25, 0.3) is 0 Å². The highest BCUT2D eigenvalue weighted by Crippen LogP contribution is 2.32. The van der Waals surface area contributed by atoms with Crippen molar-refractivity contribution in [3.05, 3.63) is 11.9 Å². The molecule has 1 aliphatic rings. The Morgan fingerprint density at radius 3 is 2.65 bits per heavy atom. The average Bonchev–Trinajstić information content (AvgIpc) is 2.47. The van der Waals surface area contributed by atoms with E-state index in [-0.39, 0.29) is 0 Å². The highest BCUT2D eigenvalue weighted by Gasteiger charge is 2.27. The normalized spacial score (nSPS) is 22.6. The quantitative estimate of drug-likeness (QED) is 0.894. The molecule has 1 saturated carbocycles. The van der Waals surface area contributed by atoms with Gasteiger partial charge >= 0.3 is 0 Å². The Kier molecular flexibility index (Phi) is 5.21. The number of rotatable bonds is 5. The fourth-order valence-electron chi connectivity index (χ4n) is 3.38. The molecular formula is C16H28N4. The molecule has 0 saturated heterocycles. The average molecular weight is 276 g/mol. The number of nitrogens with zero attached hydrogens (tertiary/aromatic N) is 3. The molecule has 2 atom stereocenters. The molecule has 1 aromatic rings. The van der Waals surface area contributed by atoms with Gasteiger partial charge in [0.1, 0.15) is 18.0 Å². The molecule has 0 bridgehead atoms. The molecule has 4 heteroatoms. The smallest absolute Gasteiger partial charge is 0.137 e. The summed E-state index contributed by atoms with van der Waals surface area (Å²) in [5, 5.41) is 3.36. The van der Waals surface area contributed by atoms with E-state index < -0.39 is 0 Å². The Morgan fingerprint density at radius 2 is 2.00 bits per heavy atom. The standard InChI is InChI=1S/C16H28N4/c1-5-13-15(17-6-2)18-11-19-16(13)20(4)14-10-8-7-9-12(14)3/h11-12,14H,5-10H2,1-4H3,(H,17,18,19). The summed E-state index contributed by atoms with van der Waals surface area (Å²) in [6, 6.07) is 0.610. The van der Waals surface area contributed by atoms with Crippen molar-refractivity contribution >= 4 is 11.6 Å². The number of anilines is 2. The van der Waals surface area contributed by atoms with E-state index in [1.807, 2.05) is 0 Å². The van der Waals surface area contributed by atoms with E-state index in [1.165, 1.54) is 31.2 Å². The summed E-state index contributed by atoms with van der Waals surface area (Å²) in [6.07, 6.45) is 7.98. The van der Waals surface area contributed by atoms with E-state index in [2.05, 4.69) is 48.0 Å². The van der Waals surface area contributed by atoms with Crippen LogP contribution < -0.4 is 10.2 Å². The first kappa shape index (κ1) is 15.1. The van der Waals surface area contributed by atoms with E-state index >= 15 is 0 Å². The number of nitrogens with one attached hydrogen (secondary N) is 1. The lowest BCUT2D eigenvalue weighted by Gasteiger charge is -2.37. The van der Waals surface area contributed by atoms with Gasteiger partial charge in [0.2, 0.25) is 0 Å². The van der Waals surface area contributed by atoms with Crippen molar-refractivity contribution in [2.24, 2.45) is 5.92 Å². The summed E-state index contributed by atoms with van der Waals surface area (Å²) in [7, 11) is 2.20. The molecular weight excluding hydrogens is 248 g/mol. The van der Waals surface area contributed by atoms with Crippen LogP contribution in [0.3, 0.4) is 0 Å². The summed E-state index contributed by atoms with van der Waals surface area (Å²) in [6.45, 7) is 7.56. The molecule has 2 unspecified atom stereocenters. The van der Waals surface area contributed by atoms with Gasteiger partial charge in [-0.25, -0.2) is 9.97 Å². The van der Waals surface area contributed by atoms with Gasteiger partial charge in [-0.1, -0.05) is 26.7 Å². The van der Waals surface area contributed by atoms with Crippen LogP contribution in [-0.4, -0.2) is 29.6 Å². The van der Waals surface area contributed by atoms with E-state index in [9.17, 15) is 0 Å². The summed E-state index contributed by atoms with van der Waals surface area (Å²) in [5.41, 5.74) is 1.25. The van der Waals surface area contributed by atoms with Gasteiger partial charge in [-0.3, -0.25) is 0 Å². The number of hydrogen-bond acceptors (Lipinski definition) is 4. The monoisotopic (exact) mass is 276 g/mol. The van der Waals surface area contributed by atoms with Gasteiger partial charge in [0.15, 0.2) is 0 Å². The second kappa shape index (κ2) is 6.91. The van der Waals surface area contributed by atoms with Crippen LogP contribution >= 0.6 is 0 Å². The minimum atomic E-state index is 0.610. The fourth-order valence-corrected chi connectivity index (χ4v) is 3.38. The van der Waals surface area contributed by atoms with Crippen molar-refractivity contribution in [1.82, 2.24) is 9.97 Å². The molecule has 1 aliphatic carbocycles. The first-order chi connectivity index (χ1) is 9.69. The predicted octanol–water partition coefficient (Wildman–Crippen LogP) is 3.49. The van der Waals surface area contributed by atoms with Crippen LogP contribution in [0.1, 0.15) is 52.0 Å². The molecule has 0 spiro atoms. The van der Waals surface area contributed by atoms with Crippen molar-refractivity contribution in [1.29, 1.82) is 0 Å². The molecule has 2 rings (SSSR count). The molecule has 0 aromatic carbocycles. The molecule has 1 N–H and O–H groups in total. The summed E-state index contributed by atoms with van der Waals surface area (Å²) in [5.74, 6) is 2.85. The SMILES string of the molecule is CCNc1ncnc(N(C)C2CCCCC2C)c1CC. The largest absolute Gasteiger partial charge is 0.370 e. The topological polar surface area (TPSA) is 41.1 Å². The first-order valence-electron chi connectivity index (χ1n) is 7.99. The molecule has 20 heavy (non-hydrogen) atoms. The van der Waals surface area contributed by atoms with E-state index in [0.29, 0.717) is 6.04 Å². The molecule has 1 aromatic heterocycles. The Bertz CT molecular complexity index is 432. The van der Waals surface area contributed by atoms with Gasteiger partial charge in [0, 0.05) is 25.2 Å². The first-order valence-corrected chi connectivity index (χ1v) is 7.99. The summed E-state index contributed by atoms with van der Waals surface area (Å²) >= 11 is 0. The van der Waals surface area contributed by atoms with Crippen molar-refractivity contribution in [3.8, 4) is 0 Å². The second-order valence-corrected chi connectivity index (χ2v) is 5.85. The second-order valence-electron chi connectivity index (χ2n) is 5.85. The van der Waals surface area contributed by atoms with Gasteiger partial charge in [-0.15, -0.1) is 0 Å². The van der Waals surface area contributed by atoms with Crippen LogP contribution in [0.4, 0.5) is 11.6 Å². The van der Waals surface area contributed by atoms with Crippen LogP contribution in [0, 0.1) is 5.92 Å².